The number of likely N-dealkylation sites (N-methyl/N-ethyl adjacent to an activating group) is 1. The average molecular weight is 322 g/mol. The third-order valence-corrected chi connectivity index (χ3v) is 3.68. The summed E-state index contributed by atoms with van der Waals surface area (Å²) in [7, 11) is 4.12. The van der Waals surface area contributed by atoms with Crippen LogP contribution in [0.2, 0.25) is 5.02 Å². The summed E-state index contributed by atoms with van der Waals surface area (Å²) in [5.74, 6) is -0.0710. The van der Waals surface area contributed by atoms with Crippen LogP contribution in [0.3, 0.4) is 0 Å². The summed E-state index contributed by atoms with van der Waals surface area (Å²) in [5, 5.41) is 7.98. The lowest BCUT2D eigenvalue weighted by Gasteiger charge is -2.10. The van der Waals surface area contributed by atoms with Crippen molar-refractivity contribution < 1.29 is 9.69 Å². The van der Waals surface area contributed by atoms with Crippen molar-refractivity contribution in [3.63, 3.8) is 0 Å². The Morgan fingerprint density at radius 3 is 2.59 bits per heavy atom. The van der Waals surface area contributed by atoms with Crippen molar-refractivity contribution in [2.75, 3.05) is 27.2 Å². The molecule has 22 heavy (non-hydrogen) atoms. The van der Waals surface area contributed by atoms with E-state index in [1.165, 1.54) is 4.90 Å². The summed E-state index contributed by atoms with van der Waals surface area (Å²) < 4.78 is 1.79. The van der Waals surface area contributed by atoms with E-state index in [1.807, 2.05) is 31.2 Å². The van der Waals surface area contributed by atoms with Crippen molar-refractivity contribution in [1.29, 1.82) is 0 Å². The third-order valence-electron chi connectivity index (χ3n) is 3.43. The molecule has 0 fully saturated rings. The largest absolute Gasteiger partial charge is 0.346 e. The molecule has 0 saturated heterocycles. The molecular formula is C16H22ClN4O+. The summed E-state index contributed by atoms with van der Waals surface area (Å²) in [6.45, 7) is 3.55. The van der Waals surface area contributed by atoms with Crippen molar-refractivity contribution in [3.8, 4) is 5.69 Å². The van der Waals surface area contributed by atoms with Crippen molar-refractivity contribution in [1.82, 2.24) is 15.1 Å². The van der Waals surface area contributed by atoms with E-state index in [0.29, 0.717) is 17.1 Å². The van der Waals surface area contributed by atoms with Crippen molar-refractivity contribution in [3.05, 3.63) is 46.7 Å². The normalized spacial score (nSPS) is 11.0. The Bertz CT molecular complexity index is 634. The molecule has 1 aromatic heterocycles. The highest BCUT2D eigenvalue weighted by molar-refractivity contribution is 6.30. The van der Waals surface area contributed by atoms with E-state index in [-0.39, 0.29) is 5.91 Å². The summed E-state index contributed by atoms with van der Waals surface area (Å²) in [5.41, 5.74) is 2.43. The van der Waals surface area contributed by atoms with Crippen LogP contribution in [0.4, 0.5) is 0 Å². The molecule has 0 saturated carbocycles. The Morgan fingerprint density at radius 2 is 2.00 bits per heavy atom. The quantitative estimate of drug-likeness (QED) is 0.833. The lowest BCUT2D eigenvalue weighted by atomic mass is 10.2. The van der Waals surface area contributed by atoms with Crippen molar-refractivity contribution in [2.45, 2.75) is 13.3 Å². The van der Waals surface area contributed by atoms with Gasteiger partial charge in [-0.15, -0.1) is 0 Å². The number of aromatic nitrogens is 2. The van der Waals surface area contributed by atoms with Crippen LogP contribution in [-0.2, 0) is 6.42 Å². The number of rotatable bonds is 6. The van der Waals surface area contributed by atoms with Gasteiger partial charge in [0, 0.05) is 5.02 Å². The van der Waals surface area contributed by atoms with Gasteiger partial charge < -0.3 is 10.2 Å². The molecule has 0 aliphatic heterocycles. The Hall–Kier alpha value is -1.85. The number of carbonyl (C=O) groups is 1. The second-order valence-electron chi connectivity index (χ2n) is 5.46. The molecule has 2 aromatic rings. The number of carbonyl (C=O) groups excluding carboxylic acids is 1. The SMILES string of the molecule is CCc1c(C(=O)NCC[NH+](C)C)cnn1-c1ccc(Cl)cc1. The molecule has 0 bridgehead atoms. The number of hydrogen-bond acceptors (Lipinski definition) is 2. The molecule has 0 atom stereocenters. The van der Waals surface area contributed by atoms with Crippen LogP contribution in [0.1, 0.15) is 23.0 Å². The van der Waals surface area contributed by atoms with E-state index < -0.39 is 0 Å². The van der Waals surface area contributed by atoms with Crippen LogP contribution in [0.5, 0.6) is 0 Å². The minimum atomic E-state index is -0.0710. The van der Waals surface area contributed by atoms with Crippen LogP contribution < -0.4 is 10.2 Å². The number of nitrogens with zero attached hydrogens (tertiary/aromatic N) is 2. The van der Waals surface area contributed by atoms with Gasteiger partial charge in [0.1, 0.15) is 0 Å². The number of halogens is 1. The lowest BCUT2D eigenvalue weighted by molar-refractivity contribution is -0.856. The highest BCUT2D eigenvalue weighted by atomic mass is 35.5. The number of quaternary nitrogens is 1. The second kappa shape index (κ2) is 7.42. The van der Waals surface area contributed by atoms with Crippen molar-refractivity contribution >= 4 is 17.5 Å². The van der Waals surface area contributed by atoms with E-state index in [0.717, 1.165) is 24.3 Å². The standard InChI is InChI=1S/C16H21ClN4O/c1-4-15-14(16(22)18-9-10-20(2)3)11-19-21(15)13-7-5-12(17)6-8-13/h5-8,11H,4,9-10H2,1-3H3,(H,18,22)/p+1. The molecule has 0 aliphatic rings. The Kier molecular flexibility index (Phi) is 5.57. The van der Waals surface area contributed by atoms with Gasteiger partial charge in [-0.3, -0.25) is 4.79 Å². The molecule has 0 spiro atoms. The molecule has 0 radical (unpaired) electrons. The zero-order valence-electron chi connectivity index (χ0n) is 13.2. The van der Waals surface area contributed by atoms with Gasteiger partial charge in [-0.1, -0.05) is 18.5 Å². The van der Waals surface area contributed by atoms with Crippen LogP contribution in [0.15, 0.2) is 30.5 Å². The van der Waals surface area contributed by atoms with Crippen LogP contribution in [0, 0.1) is 0 Å². The predicted molar refractivity (Wildman–Crippen MR) is 88.0 cm³/mol. The molecule has 118 valence electrons. The molecule has 0 unspecified atom stereocenters. The maximum Gasteiger partial charge on any atom is 0.254 e. The molecule has 1 aromatic carbocycles. The van der Waals surface area contributed by atoms with Gasteiger partial charge in [0.15, 0.2) is 0 Å². The first-order valence-electron chi connectivity index (χ1n) is 7.43. The molecule has 2 rings (SSSR count). The van der Waals surface area contributed by atoms with Gasteiger partial charge in [-0.05, 0) is 30.7 Å². The Morgan fingerprint density at radius 1 is 1.32 bits per heavy atom. The number of amides is 1. The lowest BCUT2D eigenvalue weighted by Crippen LogP contribution is -3.06. The molecule has 0 aliphatic carbocycles. The van der Waals surface area contributed by atoms with Crippen molar-refractivity contribution in [2.24, 2.45) is 0 Å². The zero-order chi connectivity index (χ0) is 16.1. The highest BCUT2D eigenvalue weighted by Crippen LogP contribution is 2.18. The smallest absolute Gasteiger partial charge is 0.254 e. The van der Waals surface area contributed by atoms with E-state index in [4.69, 9.17) is 11.6 Å². The van der Waals surface area contributed by atoms with E-state index in [2.05, 4.69) is 24.5 Å². The van der Waals surface area contributed by atoms with E-state index in [9.17, 15) is 4.79 Å². The minimum Gasteiger partial charge on any atom is -0.346 e. The predicted octanol–water partition coefficient (Wildman–Crippen LogP) is 0.962. The minimum absolute atomic E-state index is 0.0710. The van der Waals surface area contributed by atoms with Gasteiger partial charge in [0.2, 0.25) is 0 Å². The monoisotopic (exact) mass is 321 g/mol. The fourth-order valence-electron chi connectivity index (χ4n) is 2.23. The fraction of sp³-hybridized carbons (Fsp3) is 0.375. The van der Waals surface area contributed by atoms with Gasteiger partial charge in [-0.2, -0.15) is 5.10 Å². The summed E-state index contributed by atoms with van der Waals surface area (Å²) in [4.78, 5) is 13.6. The highest BCUT2D eigenvalue weighted by Gasteiger charge is 2.17. The van der Waals surface area contributed by atoms with E-state index in [1.54, 1.807) is 10.9 Å². The maximum atomic E-state index is 12.3. The maximum absolute atomic E-state index is 12.3. The summed E-state index contributed by atoms with van der Waals surface area (Å²) >= 11 is 5.92. The van der Waals surface area contributed by atoms with Gasteiger partial charge in [-0.25, -0.2) is 4.68 Å². The summed E-state index contributed by atoms with van der Waals surface area (Å²) in [6.07, 6.45) is 2.36. The zero-order valence-corrected chi connectivity index (χ0v) is 13.9. The molecule has 1 heterocycles. The van der Waals surface area contributed by atoms with Gasteiger partial charge >= 0.3 is 0 Å². The Labute approximate surface area is 135 Å². The van der Waals surface area contributed by atoms with Gasteiger partial charge in [0.25, 0.3) is 5.91 Å². The molecule has 1 amide bonds. The second-order valence-corrected chi connectivity index (χ2v) is 5.90. The first kappa shape index (κ1) is 16.5. The molecule has 5 nitrogen and oxygen atoms in total. The first-order chi connectivity index (χ1) is 10.5. The molecule has 2 N–H and O–H groups in total. The summed E-state index contributed by atoms with van der Waals surface area (Å²) in [6, 6.07) is 7.42. The number of hydrogen-bond donors (Lipinski definition) is 2. The van der Waals surface area contributed by atoms with Gasteiger partial charge in [0.05, 0.1) is 50.3 Å². The Balaban J connectivity index is 2.20. The van der Waals surface area contributed by atoms with Crippen LogP contribution in [-0.4, -0.2) is 42.9 Å². The average Bonchev–Trinajstić information content (AvgIpc) is 2.91. The number of benzene rings is 1. The fourth-order valence-corrected chi connectivity index (χ4v) is 2.36. The third kappa shape index (κ3) is 3.87. The molecular weight excluding hydrogens is 300 g/mol. The van der Waals surface area contributed by atoms with E-state index >= 15 is 0 Å². The van der Waals surface area contributed by atoms with Crippen LogP contribution >= 0.6 is 11.6 Å². The molecule has 6 heteroatoms. The van der Waals surface area contributed by atoms with Crippen LogP contribution in [0.25, 0.3) is 5.69 Å². The number of nitrogens with one attached hydrogen (secondary N) is 2. The first-order valence-corrected chi connectivity index (χ1v) is 7.80. The topological polar surface area (TPSA) is 51.4 Å².